The van der Waals surface area contributed by atoms with Gasteiger partial charge in [-0.05, 0) is 24.2 Å². The lowest BCUT2D eigenvalue weighted by Gasteiger charge is -2.07. The molecule has 0 aromatic carbocycles. The normalized spacial score (nSPS) is 39.6. The van der Waals surface area contributed by atoms with E-state index in [4.69, 9.17) is 0 Å². The van der Waals surface area contributed by atoms with E-state index in [0.29, 0.717) is 5.92 Å². The van der Waals surface area contributed by atoms with E-state index in [1.165, 1.54) is 0 Å². The Balaban J connectivity index is 1.73. The van der Waals surface area contributed by atoms with Gasteiger partial charge in [-0.3, -0.25) is 10.9 Å². The van der Waals surface area contributed by atoms with E-state index in [1.807, 2.05) is 0 Å². The van der Waals surface area contributed by atoms with Crippen LogP contribution in [0.5, 0.6) is 0 Å². The van der Waals surface area contributed by atoms with E-state index < -0.39 is 0 Å². The second-order valence-corrected chi connectivity index (χ2v) is 5.13. The lowest BCUT2D eigenvalue weighted by Crippen LogP contribution is -2.37. The number of rotatable bonds is 2. The molecule has 3 atom stereocenters. The molecule has 3 aliphatic rings. The van der Waals surface area contributed by atoms with E-state index in [9.17, 15) is 0 Å². The van der Waals surface area contributed by atoms with E-state index in [-0.39, 0.29) is 0 Å². The van der Waals surface area contributed by atoms with Gasteiger partial charge in [-0.25, -0.2) is 5.53 Å². The zero-order valence-corrected chi connectivity index (χ0v) is 10.1. The molecule has 1 saturated carbocycles. The summed E-state index contributed by atoms with van der Waals surface area (Å²) >= 11 is 0. The fraction of sp³-hybridized carbons (Fsp3) is 0.636. The first-order valence-electron chi connectivity index (χ1n) is 6.11. The van der Waals surface area contributed by atoms with Gasteiger partial charge in [-0.1, -0.05) is 19.9 Å². The number of hydrazine groups is 2. The highest BCUT2D eigenvalue weighted by molar-refractivity contribution is 5.98. The number of hydrogen-bond donors (Lipinski definition) is 4. The van der Waals surface area contributed by atoms with Crippen LogP contribution in [-0.4, -0.2) is 12.1 Å². The highest BCUT2D eigenvalue weighted by atomic mass is 15.8. The van der Waals surface area contributed by atoms with Crippen molar-refractivity contribution in [3.63, 3.8) is 0 Å². The van der Waals surface area contributed by atoms with Gasteiger partial charge in [-0.2, -0.15) is 5.10 Å². The van der Waals surface area contributed by atoms with Crippen LogP contribution in [0.4, 0.5) is 0 Å². The second kappa shape index (κ2) is 4.03. The Kier molecular flexibility index (Phi) is 2.51. The molecule has 2 aliphatic heterocycles. The van der Waals surface area contributed by atoms with Gasteiger partial charge in [0.15, 0.2) is 5.84 Å². The van der Waals surface area contributed by atoms with Crippen molar-refractivity contribution in [2.45, 2.75) is 20.3 Å². The number of allylic oxidation sites excluding steroid dienone is 1. The minimum absolute atomic E-state index is 0.648. The Bertz CT molecular complexity index is 397. The van der Waals surface area contributed by atoms with Crippen LogP contribution in [0.25, 0.3) is 0 Å². The first-order valence-corrected chi connectivity index (χ1v) is 6.11. The van der Waals surface area contributed by atoms with Crippen LogP contribution in [0.2, 0.25) is 0 Å². The smallest absolute Gasteiger partial charge is 0.188 e. The van der Waals surface area contributed by atoms with Gasteiger partial charge in [0.2, 0.25) is 0 Å². The number of nitrogens with one attached hydrogen (secondary N) is 4. The van der Waals surface area contributed by atoms with Crippen LogP contribution in [-0.2, 0) is 0 Å². The summed E-state index contributed by atoms with van der Waals surface area (Å²) in [7, 11) is 0. The average molecular weight is 234 g/mol. The topological polar surface area (TPSA) is 72.8 Å². The molecule has 0 radical (unpaired) electrons. The molecule has 2 heterocycles. The third-order valence-corrected chi connectivity index (χ3v) is 3.75. The molecule has 1 fully saturated rings. The molecule has 0 saturated heterocycles. The number of fused-ring (bicyclic) bond motifs is 1. The molecule has 0 aromatic rings. The van der Waals surface area contributed by atoms with Gasteiger partial charge in [0.05, 0.1) is 5.70 Å². The minimum atomic E-state index is 0.648. The van der Waals surface area contributed by atoms with E-state index >= 15 is 0 Å². The molecule has 0 bridgehead atoms. The minimum Gasteiger partial charge on any atom is -0.283 e. The molecule has 1 unspecified atom stereocenters. The Morgan fingerprint density at radius 3 is 3.00 bits per heavy atom. The standard InChI is InChI=1S/C11H18N6/c1-6(2)10-7-3-4-9(11-14-16-17-15-11)13-12-5-8(7)10/h4-8,10,13,16-17H,3H2,1-2H3,(H,14,15)/b9-4+,12-5+/t7-,8+,10?/m1/s1. The van der Waals surface area contributed by atoms with Crippen molar-refractivity contribution in [3.8, 4) is 0 Å². The summed E-state index contributed by atoms with van der Waals surface area (Å²) in [6.07, 6.45) is 5.32. The van der Waals surface area contributed by atoms with E-state index in [1.54, 1.807) is 0 Å². The van der Waals surface area contributed by atoms with Gasteiger partial charge in [0.1, 0.15) is 0 Å². The summed E-state index contributed by atoms with van der Waals surface area (Å²) in [5.41, 5.74) is 12.2. The Morgan fingerprint density at radius 1 is 1.41 bits per heavy atom. The third kappa shape index (κ3) is 1.88. The summed E-state index contributed by atoms with van der Waals surface area (Å²) in [5.74, 6) is 3.67. The number of hydrazone groups is 2. The van der Waals surface area contributed by atoms with Gasteiger partial charge < -0.3 is 0 Å². The van der Waals surface area contributed by atoms with Crippen molar-refractivity contribution in [1.82, 2.24) is 21.9 Å². The molecule has 6 nitrogen and oxygen atoms in total. The summed E-state index contributed by atoms with van der Waals surface area (Å²) in [4.78, 5) is 0. The second-order valence-electron chi connectivity index (χ2n) is 5.13. The predicted molar refractivity (Wildman–Crippen MR) is 66.5 cm³/mol. The third-order valence-electron chi connectivity index (χ3n) is 3.75. The molecular formula is C11H18N6. The van der Waals surface area contributed by atoms with Crippen molar-refractivity contribution in [3.05, 3.63) is 11.8 Å². The largest absolute Gasteiger partial charge is 0.283 e. The maximum atomic E-state index is 4.29. The molecule has 6 heteroatoms. The summed E-state index contributed by atoms with van der Waals surface area (Å²) in [5, 5.41) is 8.36. The number of amidine groups is 1. The highest BCUT2D eigenvalue weighted by Crippen LogP contribution is 2.52. The maximum absolute atomic E-state index is 4.29. The maximum Gasteiger partial charge on any atom is 0.188 e. The molecule has 0 spiro atoms. The molecule has 17 heavy (non-hydrogen) atoms. The van der Waals surface area contributed by atoms with Crippen LogP contribution in [0.15, 0.2) is 22.0 Å². The zero-order chi connectivity index (χ0) is 11.8. The Labute approximate surface area is 101 Å². The van der Waals surface area contributed by atoms with Gasteiger partial charge >= 0.3 is 0 Å². The van der Waals surface area contributed by atoms with Gasteiger partial charge in [-0.15, -0.1) is 10.6 Å². The van der Waals surface area contributed by atoms with Crippen molar-refractivity contribution in [1.29, 1.82) is 0 Å². The molecule has 0 aromatic heterocycles. The van der Waals surface area contributed by atoms with Crippen LogP contribution in [0.3, 0.4) is 0 Å². The van der Waals surface area contributed by atoms with Crippen LogP contribution < -0.4 is 21.9 Å². The number of nitrogens with zero attached hydrogens (tertiary/aromatic N) is 2. The SMILES string of the molecule is CC(C)C1[C@H]2/C=N/N/C(C3=NNNN3)=C/C[C@@H]12. The summed E-state index contributed by atoms with van der Waals surface area (Å²) in [6, 6.07) is 0. The lowest BCUT2D eigenvalue weighted by atomic mass is 10.1. The molecule has 0 amide bonds. The molecular weight excluding hydrogens is 216 g/mol. The van der Waals surface area contributed by atoms with E-state index in [0.717, 1.165) is 35.7 Å². The predicted octanol–water partition coefficient (Wildman–Crippen LogP) is 0.293. The van der Waals surface area contributed by atoms with Crippen molar-refractivity contribution >= 4 is 12.1 Å². The van der Waals surface area contributed by atoms with E-state index in [2.05, 4.69) is 58.3 Å². The number of hydrogen-bond acceptors (Lipinski definition) is 6. The highest BCUT2D eigenvalue weighted by Gasteiger charge is 2.49. The summed E-state index contributed by atoms with van der Waals surface area (Å²) in [6.45, 7) is 4.58. The van der Waals surface area contributed by atoms with Crippen molar-refractivity contribution in [2.24, 2.45) is 33.9 Å². The van der Waals surface area contributed by atoms with Gasteiger partial charge in [0, 0.05) is 12.1 Å². The van der Waals surface area contributed by atoms with Crippen molar-refractivity contribution in [2.75, 3.05) is 0 Å². The zero-order valence-electron chi connectivity index (χ0n) is 10.1. The average Bonchev–Trinajstić information content (AvgIpc) is 2.73. The van der Waals surface area contributed by atoms with Crippen LogP contribution >= 0.6 is 0 Å². The summed E-state index contributed by atoms with van der Waals surface area (Å²) < 4.78 is 0. The molecule has 3 rings (SSSR count). The quantitative estimate of drug-likeness (QED) is 0.554. The monoisotopic (exact) mass is 234 g/mol. The Morgan fingerprint density at radius 2 is 2.29 bits per heavy atom. The van der Waals surface area contributed by atoms with Crippen molar-refractivity contribution < 1.29 is 0 Å². The first-order chi connectivity index (χ1) is 8.27. The van der Waals surface area contributed by atoms with Crippen LogP contribution in [0.1, 0.15) is 20.3 Å². The molecule has 1 aliphatic carbocycles. The Hall–Kier alpha value is -1.56. The lowest BCUT2D eigenvalue weighted by molar-refractivity contribution is 0.515. The first kappa shape index (κ1) is 10.6. The fourth-order valence-corrected chi connectivity index (χ4v) is 2.86. The molecule has 4 N–H and O–H groups in total. The van der Waals surface area contributed by atoms with Crippen LogP contribution in [0, 0.1) is 23.7 Å². The molecule has 92 valence electrons. The van der Waals surface area contributed by atoms with Gasteiger partial charge in [0.25, 0.3) is 0 Å². The fourth-order valence-electron chi connectivity index (χ4n) is 2.86.